The second-order valence-corrected chi connectivity index (χ2v) is 8.92. The lowest BCUT2D eigenvalue weighted by Gasteiger charge is -2.32. The van der Waals surface area contributed by atoms with E-state index in [1.165, 1.54) is 0 Å². The average Bonchev–Trinajstić information content (AvgIpc) is 3.54. The molecule has 1 N–H and O–H groups in total. The van der Waals surface area contributed by atoms with Crippen molar-refractivity contribution >= 4 is 12.0 Å². The number of hydrogen-bond donors (Lipinski definition) is 1. The highest BCUT2D eigenvalue weighted by Gasteiger charge is 2.58. The van der Waals surface area contributed by atoms with Gasteiger partial charge in [0.25, 0.3) is 0 Å². The number of piperidine rings is 1. The zero-order valence-electron chi connectivity index (χ0n) is 19.2. The van der Waals surface area contributed by atoms with Crippen molar-refractivity contribution in [1.29, 1.82) is 0 Å². The summed E-state index contributed by atoms with van der Waals surface area (Å²) in [7, 11) is 3.39. The van der Waals surface area contributed by atoms with Gasteiger partial charge in [-0.2, -0.15) is 0 Å². The summed E-state index contributed by atoms with van der Waals surface area (Å²) in [5, 5.41) is 3.16. The Morgan fingerprint density at radius 1 is 1.06 bits per heavy atom. The molecule has 0 unspecified atom stereocenters. The molecule has 1 aliphatic carbocycles. The van der Waals surface area contributed by atoms with Gasteiger partial charge in [-0.1, -0.05) is 48.6 Å². The molecule has 2 fully saturated rings. The van der Waals surface area contributed by atoms with Crippen LogP contribution in [0.2, 0.25) is 0 Å². The highest BCUT2D eigenvalue weighted by atomic mass is 16.5. The molecule has 32 heavy (non-hydrogen) atoms. The molecule has 2 aliphatic rings. The highest BCUT2D eigenvalue weighted by Crippen LogP contribution is 2.59. The van der Waals surface area contributed by atoms with Crippen molar-refractivity contribution in [2.45, 2.75) is 25.7 Å². The number of rotatable bonds is 9. The zero-order valence-corrected chi connectivity index (χ0v) is 19.2. The zero-order chi connectivity index (χ0) is 22.4. The molecule has 170 valence electrons. The van der Waals surface area contributed by atoms with Crippen molar-refractivity contribution < 1.29 is 14.3 Å². The largest absolute Gasteiger partial charge is 0.496 e. The Hall–Kier alpha value is -2.79. The Morgan fingerprint density at radius 3 is 2.50 bits per heavy atom. The van der Waals surface area contributed by atoms with Crippen LogP contribution in [0.5, 0.6) is 11.5 Å². The van der Waals surface area contributed by atoms with E-state index in [1.54, 1.807) is 14.2 Å². The van der Waals surface area contributed by atoms with E-state index in [1.807, 2.05) is 36.4 Å². The van der Waals surface area contributed by atoms with Gasteiger partial charge in [0.2, 0.25) is 5.91 Å². The van der Waals surface area contributed by atoms with Crippen molar-refractivity contribution in [3.63, 3.8) is 0 Å². The number of nitrogens with one attached hydrogen (secondary N) is 1. The van der Waals surface area contributed by atoms with E-state index in [9.17, 15) is 4.79 Å². The summed E-state index contributed by atoms with van der Waals surface area (Å²) in [5.41, 5.74) is 2.48. The molecule has 1 aliphatic heterocycles. The SMILES string of the molecule is COc1ccccc1/C=C/CN1CCC2(CC1)C[C@@H]2C(=O)NCCc1ccccc1OC. The maximum absolute atomic E-state index is 12.7. The van der Waals surface area contributed by atoms with E-state index in [0.29, 0.717) is 6.54 Å². The first-order valence-electron chi connectivity index (χ1n) is 11.6. The number of ether oxygens (including phenoxy) is 2. The Morgan fingerprint density at radius 2 is 1.75 bits per heavy atom. The smallest absolute Gasteiger partial charge is 0.223 e. The lowest BCUT2D eigenvalue weighted by atomic mass is 9.90. The Labute approximate surface area is 191 Å². The molecule has 0 aromatic heterocycles. The predicted octanol–water partition coefficient (Wildman–Crippen LogP) is 4.18. The van der Waals surface area contributed by atoms with Gasteiger partial charge < -0.3 is 14.8 Å². The number of hydrogen-bond acceptors (Lipinski definition) is 4. The molecular weight excluding hydrogens is 400 g/mol. The van der Waals surface area contributed by atoms with E-state index in [-0.39, 0.29) is 17.2 Å². The number of nitrogens with zero attached hydrogens (tertiary/aromatic N) is 1. The number of carbonyl (C=O) groups excluding carboxylic acids is 1. The van der Waals surface area contributed by atoms with Crippen molar-refractivity contribution in [1.82, 2.24) is 10.2 Å². The molecule has 2 aromatic carbocycles. The molecule has 1 atom stereocenters. The molecule has 1 heterocycles. The fourth-order valence-electron chi connectivity index (χ4n) is 4.94. The molecular formula is C27H34N2O3. The number of methoxy groups -OCH3 is 2. The van der Waals surface area contributed by atoms with Gasteiger partial charge in [0.05, 0.1) is 14.2 Å². The van der Waals surface area contributed by atoms with E-state index in [4.69, 9.17) is 9.47 Å². The highest BCUT2D eigenvalue weighted by molar-refractivity contribution is 5.82. The predicted molar refractivity (Wildman–Crippen MR) is 128 cm³/mol. The third-order valence-corrected chi connectivity index (χ3v) is 7.04. The molecule has 1 amide bonds. The van der Waals surface area contributed by atoms with E-state index >= 15 is 0 Å². The van der Waals surface area contributed by atoms with E-state index in [0.717, 1.165) is 67.9 Å². The van der Waals surface area contributed by atoms with Gasteiger partial charge in [-0.05, 0) is 61.9 Å². The maximum atomic E-state index is 12.7. The standard InChI is InChI=1S/C27H34N2O3/c1-31-24-11-5-3-8-21(24)10-7-17-29-18-14-27(15-19-29)20-23(27)26(30)28-16-13-22-9-4-6-12-25(22)32-2/h3-12,23H,13-20H2,1-2H3,(H,28,30)/b10-7+/t23-/m1/s1. The molecule has 5 nitrogen and oxygen atoms in total. The molecule has 2 aromatic rings. The van der Waals surface area contributed by atoms with Crippen molar-refractivity contribution in [3.05, 3.63) is 65.7 Å². The minimum absolute atomic E-state index is 0.187. The second-order valence-electron chi connectivity index (χ2n) is 8.92. The Balaban J connectivity index is 1.19. The minimum atomic E-state index is 0.187. The molecule has 0 radical (unpaired) electrons. The number of likely N-dealkylation sites (tertiary alicyclic amines) is 1. The Bertz CT molecular complexity index is 947. The van der Waals surface area contributed by atoms with Crippen LogP contribution in [0, 0.1) is 11.3 Å². The van der Waals surface area contributed by atoms with E-state index in [2.05, 4.69) is 34.5 Å². The van der Waals surface area contributed by atoms with Crippen LogP contribution in [0.4, 0.5) is 0 Å². The van der Waals surface area contributed by atoms with Crippen LogP contribution in [0.15, 0.2) is 54.6 Å². The third-order valence-electron chi connectivity index (χ3n) is 7.04. The topological polar surface area (TPSA) is 50.8 Å². The number of amides is 1. The van der Waals surface area contributed by atoms with E-state index < -0.39 is 0 Å². The number of benzene rings is 2. The van der Waals surface area contributed by atoms with Gasteiger partial charge in [-0.3, -0.25) is 9.69 Å². The van der Waals surface area contributed by atoms with Gasteiger partial charge in [0.15, 0.2) is 0 Å². The second kappa shape index (κ2) is 10.2. The van der Waals surface area contributed by atoms with Crippen molar-refractivity contribution in [2.24, 2.45) is 11.3 Å². The van der Waals surface area contributed by atoms with Gasteiger partial charge in [0.1, 0.15) is 11.5 Å². The summed E-state index contributed by atoms with van der Waals surface area (Å²) in [4.78, 5) is 15.2. The number of carbonyl (C=O) groups is 1. The summed E-state index contributed by atoms with van der Waals surface area (Å²) in [6.07, 6.45) is 8.41. The molecule has 5 heteroatoms. The normalized spacial score (nSPS) is 19.8. The molecule has 1 saturated carbocycles. The van der Waals surface area contributed by atoms with Gasteiger partial charge in [-0.15, -0.1) is 0 Å². The molecule has 4 rings (SSSR count). The quantitative estimate of drug-likeness (QED) is 0.643. The average molecular weight is 435 g/mol. The molecule has 1 saturated heterocycles. The summed E-state index contributed by atoms with van der Waals surface area (Å²) in [6, 6.07) is 16.1. The minimum Gasteiger partial charge on any atom is -0.496 e. The van der Waals surface area contributed by atoms with Crippen LogP contribution in [-0.4, -0.2) is 51.2 Å². The van der Waals surface area contributed by atoms with Crippen LogP contribution in [0.25, 0.3) is 6.08 Å². The van der Waals surface area contributed by atoms with Gasteiger partial charge >= 0.3 is 0 Å². The summed E-state index contributed by atoms with van der Waals surface area (Å²) in [5.74, 6) is 2.20. The van der Waals surface area contributed by atoms with Gasteiger partial charge in [-0.25, -0.2) is 0 Å². The number of para-hydroxylation sites is 2. The first-order valence-corrected chi connectivity index (χ1v) is 11.6. The first-order chi connectivity index (χ1) is 15.6. The van der Waals surface area contributed by atoms with Crippen LogP contribution >= 0.6 is 0 Å². The fraction of sp³-hybridized carbons (Fsp3) is 0.444. The fourth-order valence-corrected chi connectivity index (χ4v) is 4.94. The lowest BCUT2D eigenvalue weighted by Crippen LogP contribution is -2.37. The summed E-state index contributed by atoms with van der Waals surface area (Å²) in [6.45, 7) is 3.71. The maximum Gasteiger partial charge on any atom is 0.223 e. The molecule has 0 bridgehead atoms. The van der Waals surface area contributed by atoms with Crippen LogP contribution in [0.3, 0.4) is 0 Å². The lowest BCUT2D eigenvalue weighted by molar-refractivity contribution is -0.123. The van der Waals surface area contributed by atoms with Crippen molar-refractivity contribution in [3.8, 4) is 11.5 Å². The third kappa shape index (κ3) is 5.16. The summed E-state index contributed by atoms with van der Waals surface area (Å²) >= 11 is 0. The molecule has 1 spiro atoms. The summed E-state index contributed by atoms with van der Waals surface area (Å²) < 4.78 is 10.8. The van der Waals surface area contributed by atoms with Crippen molar-refractivity contribution in [2.75, 3.05) is 40.4 Å². The first kappa shape index (κ1) is 22.4. The van der Waals surface area contributed by atoms with Gasteiger partial charge in [0, 0.05) is 24.6 Å². The van der Waals surface area contributed by atoms with Crippen LogP contribution < -0.4 is 14.8 Å². The van der Waals surface area contributed by atoms with Crippen LogP contribution in [-0.2, 0) is 11.2 Å². The van der Waals surface area contributed by atoms with Crippen LogP contribution in [0.1, 0.15) is 30.4 Å². The Kier molecular flexibility index (Phi) is 7.15. The monoisotopic (exact) mass is 434 g/mol.